The topological polar surface area (TPSA) is 114 Å². The quantitative estimate of drug-likeness (QED) is 0.762. The molecule has 0 aliphatic heterocycles. The average molecular weight is 346 g/mol. The summed E-state index contributed by atoms with van der Waals surface area (Å²) < 4.78 is 27.2. The fourth-order valence-electron chi connectivity index (χ4n) is 2.18. The maximum absolute atomic E-state index is 12.4. The number of nitrogens with one attached hydrogen (secondary N) is 2. The van der Waals surface area contributed by atoms with Gasteiger partial charge in [-0.3, -0.25) is 4.79 Å². The summed E-state index contributed by atoms with van der Waals surface area (Å²) >= 11 is 0. The number of aromatic nitrogens is 1. The third-order valence-corrected chi connectivity index (χ3v) is 5.23. The molecule has 1 aromatic heterocycles. The number of carbonyl (C=O) groups is 1. The summed E-state index contributed by atoms with van der Waals surface area (Å²) in [5, 5.41) is 2.69. The third-order valence-electron chi connectivity index (χ3n) is 3.71. The summed E-state index contributed by atoms with van der Waals surface area (Å²) in [6, 6.07) is 7.72. The predicted octanol–water partition coefficient (Wildman–Crippen LogP) is 1.67. The summed E-state index contributed by atoms with van der Waals surface area (Å²) in [6.07, 6.45) is 3.14. The first-order valence-electron chi connectivity index (χ1n) is 7.51. The number of aryl methyl sites for hydroxylation is 1. The van der Waals surface area contributed by atoms with Crippen LogP contribution in [0.15, 0.2) is 41.4 Å². The molecule has 8 heteroatoms. The number of rotatable bonds is 5. The highest BCUT2D eigenvalue weighted by Gasteiger charge is 2.28. The largest absolute Gasteiger partial charge is 0.384 e. The second-order valence-electron chi connectivity index (χ2n) is 5.80. The number of hydrogen-bond donors (Lipinski definition) is 3. The minimum Gasteiger partial charge on any atom is -0.384 e. The number of carbonyl (C=O) groups excluding carboxylic acids is 1. The van der Waals surface area contributed by atoms with Gasteiger partial charge in [0.15, 0.2) is 0 Å². The SMILES string of the molecule is Cc1ccc(S(=O)(=O)NC2CC2)cc1C(=O)Nc1ccc(N)nc1. The van der Waals surface area contributed by atoms with Crippen molar-refractivity contribution in [2.24, 2.45) is 0 Å². The molecule has 0 atom stereocenters. The number of pyridine rings is 1. The van der Waals surface area contributed by atoms with E-state index in [9.17, 15) is 13.2 Å². The van der Waals surface area contributed by atoms with Gasteiger partial charge in [-0.2, -0.15) is 0 Å². The Morgan fingerprint density at radius 3 is 2.62 bits per heavy atom. The van der Waals surface area contributed by atoms with Crippen LogP contribution in [0.2, 0.25) is 0 Å². The predicted molar refractivity (Wildman–Crippen MR) is 91.1 cm³/mol. The molecule has 126 valence electrons. The Hall–Kier alpha value is -2.45. The lowest BCUT2D eigenvalue weighted by atomic mass is 10.1. The Labute approximate surface area is 140 Å². The molecular weight excluding hydrogens is 328 g/mol. The van der Waals surface area contributed by atoms with E-state index in [2.05, 4.69) is 15.0 Å². The Morgan fingerprint density at radius 1 is 1.25 bits per heavy atom. The lowest BCUT2D eigenvalue weighted by Crippen LogP contribution is -2.26. The Morgan fingerprint density at radius 2 is 2.00 bits per heavy atom. The molecule has 4 N–H and O–H groups in total. The van der Waals surface area contributed by atoms with Crippen molar-refractivity contribution in [3.05, 3.63) is 47.7 Å². The monoisotopic (exact) mass is 346 g/mol. The molecule has 1 aromatic carbocycles. The van der Waals surface area contributed by atoms with Crippen LogP contribution >= 0.6 is 0 Å². The van der Waals surface area contributed by atoms with Crippen molar-refractivity contribution in [2.75, 3.05) is 11.1 Å². The smallest absolute Gasteiger partial charge is 0.256 e. The van der Waals surface area contributed by atoms with Crippen LogP contribution in [0.1, 0.15) is 28.8 Å². The van der Waals surface area contributed by atoms with E-state index in [1.165, 1.54) is 18.3 Å². The summed E-state index contributed by atoms with van der Waals surface area (Å²) in [5.74, 6) is -0.0500. The molecule has 0 saturated heterocycles. The van der Waals surface area contributed by atoms with Crippen LogP contribution < -0.4 is 15.8 Å². The van der Waals surface area contributed by atoms with Gasteiger partial charge >= 0.3 is 0 Å². The molecule has 1 heterocycles. The van der Waals surface area contributed by atoms with E-state index in [4.69, 9.17) is 5.73 Å². The lowest BCUT2D eigenvalue weighted by molar-refractivity contribution is 0.102. The molecule has 1 amide bonds. The number of benzene rings is 1. The van der Waals surface area contributed by atoms with Crippen molar-refractivity contribution in [1.29, 1.82) is 0 Å². The molecule has 1 aliphatic rings. The van der Waals surface area contributed by atoms with Crippen molar-refractivity contribution < 1.29 is 13.2 Å². The first-order valence-corrected chi connectivity index (χ1v) is 8.99. The van der Waals surface area contributed by atoms with Crippen LogP contribution in [0, 0.1) is 6.92 Å². The van der Waals surface area contributed by atoms with Crippen LogP contribution in [-0.2, 0) is 10.0 Å². The van der Waals surface area contributed by atoms with Crippen LogP contribution in [0.3, 0.4) is 0 Å². The molecule has 1 fully saturated rings. The van der Waals surface area contributed by atoms with Crippen LogP contribution in [0.5, 0.6) is 0 Å². The number of hydrogen-bond acceptors (Lipinski definition) is 5. The van der Waals surface area contributed by atoms with Crippen LogP contribution in [-0.4, -0.2) is 25.4 Å². The molecule has 1 saturated carbocycles. The Bertz CT molecular complexity index is 875. The number of nitrogens with two attached hydrogens (primary N) is 1. The van der Waals surface area contributed by atoms with Gasteiger partial charge in [-0.15, -0.1) is 0 Å². The van der Waals surface area contributed by atoms with E-state index in [1.54, 1.807) is 25.1 Å². The zero-order valence-electron chi connectivity index (χ0n) is 13.1. The van der Waals surface area contributed by atoms with Gasteiger partial charge in [0.25, 0.3) is 5.91 Å². The van der Waals surface area contributed by atoms with Crippen molar-refractivity contribution in [3.63, 3.8) is 0 Å². The highest BCUT2D eigenvalue weighted by atomic mass is 32.2. The van der Waals surface area contributed by atoms with E-state index < -0.39 is 15.9 Å². The van der Waals surface area contributed by atoms with Crippen molar-refractivity contribution in [3.8, 4) is 0 Å². The molecule has 0 bridgehead atoms. The highest BCUT2D eigenvalue weighted by Crippen LogP contribution is 2.23. The summed E-state index contributed by atoms with van der Waals surface area (Å²) in [5.41, 5.74) is 6.97. The first-order chi connectivity index (χ1) is 11.3. The Kier molecular flexibility index (Phi) is 4.25. The highest BCUT2D eigenvalue weighted by molar-refractivity contribution is 7.89. The van der Waals surface area contributed by atoms with Gasteiger partial charge in [0.1, 0.15) is 5.82 Å². The molecule has 0 radical (unpaired) electrons. The molecule has 0 unspecified atom stereocenters. The van der Waals surface area contributed by atoms with E-state index >= 15 is 0 Å². The zero-order valence-corrected chi connectivity index (χ0v) is 13.9. The van der Waals surface area contributed by atoms with Gasteiger partial charge in [-0.05, 0) is 49.6 Å². The maximum Gasteiger partial charge on any atom is 0.256 e. The minimum absolute atomic E-state index is 0.00873. The molecule has 3 rings (SSSR count). The zero-order chi connectivity index (χ0) is 17.3. The average Bonchev–Trinajstić information content (AvgIpc) is 3.33. The number of anilines is 2. The van der Waals surface area contributed by atoms with Gasteiger partial charge < -0.3 is 11.1 Å². The number of nitrogens with zero attached hydrogens (tertiary/aromatic N) is 1. The second kappa shape index (κ2) is 6.21. The standard InChI is InChI=1S/C16H18N4O3S/c1-10-2-6-13(24(22,23)20-11-3-4-11)8-14(10)16(21)19-12-5-7-15(17)18-9-12/h2,5-9,11,20H,3-4H2,1H3,(H2,17,18)(H,19,21). The summed E-state index contributed by atoms with van der Waals surface area (Å²) in [7, 11) is -3.61. The Balaban J connectivity index is 1.85. The van der Waals surface area contributed by atoms with E-state index in [-0.39, 0.29) is 10.9 Å². The van der Waals surface area contributed by atoms with Gasteiger partial charge in [-0.25, -0.2) is 18.1 Å². The van der Waals surface area contributed by atoms with E-state index in [0.29, 0.717) is 22.6 Å². The minimum atomic E-state index is -3.61. The van der Waals surface area contributed by atoms with E-state index in [0.717, 1.165) is 12.8 Å². The third kappa shape index (κ3) is 3.72. The summed E-state index contributed by atoms with van der Waals surface area (Å²) in [4.78, 5) is 16.4. The van der Waals surface area contributed by atoms with Crippen molar-refractivity contribution in [2.45, 2.75) is 30.7 Å². The second-order valence-corrected chi connectivity index (χ2v) is 7.51. The number of amides is 1. The van der Waals surface area contributed by atoms with Gasteiger partial charge in [-0.1, -0.05) is 6.07 Å². The normalized spacial score (nSPS) is 14.4. The first kappa shape index (κ1) is 16.4. The molecular formula is C16H18N4O3S. The van der Waals surface area contributed by atoms with E-state index in [1.807, 2.05) is 0 Å². The van der Waals surface area contributed by atoms with Gasteiger partial charge in [0.2, 0.25) is 10.0 Å². The number of nitrogen functional groups attached to an aromatic ring is 1. The van der Waals surface area contributed by atoms with Crippen molar-refractivity contribution >= 4 is 27.4 Å². The fraction of sp³-hybridized carbons (Fsp3) is 0.250. The van der Waals surface area contributed by atoms with Crippen LogP contribution in [0.4, 0.5) is 11.5 Å². The van der Waals surface area contributed by atoms with Crippen LogP contribution in [0.25, 0.3) is 0 Å². The fourth-order valence-corrected chi connectivity index (χ4v) is 3.51. The molecule has 1 aliphatic carbocycles. The molecule has 7 nitrogen and oxygen atoms in total. The summed E-state index contributed by atoms with van der Waals surface area (Å²) in [6.45, 7) is 1.75. The van der Waals surface area contributed by atoms with Crippen molar-refractivity contribution in [1.82, 2.24) is 9.71 Å². The van der Waals surface area contributed by atoms with Gasteiger partial charge in [0.05, 0.1) is 16.8 Å². The molecule has 2 aromatic rings. The van der Waals surface area contributed by atoms with Gasteiger partial charge in [0, 0.05) is 11.6 Å². The number of sulfonamides is 1. The lowest BCUT2D eigenvalue weighted by Gasteiger charge is -2.11. The molecule has 0 spiro atoms. The molecule has 24 heavy (non-hydrogen) atoms. The maximum atomic E-state index is 12.4.